The van der Waals surface area contributed by atoms with Crippen molar-refractivity contribution in [1.82, 2.24) is 0 Å². The highest BCUT2D eigenvalue weighted by Gasteiger charge is 2.71. The van der Waals surface area contributed by atoms with Crippen molar-refractivity contribution in [1.29, 1.82) is 0 Å². The Morgan fingerprint density at radius 3 is 2.03 bits per heavy atom. The number of fused-ring (bicyclic) bond motifs is 5. The molecule has 1 fully saturated rings. The molecule has 38 heavy (non-hydrogen) atoms. The summed E-state index contributed by atoms with van der Waals surface area (Å²) in [4.78, 5) is 45.6. The smallest absolute Gasteiger partial charge is 0.185 e. The van der Waals surface area contributed by atoms with Crippen LogP contribution in [0.4, 0.5) is 5.69 Å². The van der Waals surface area contributed by atoms with Crippen molar-refractivity contribution in [2.45, 2.75) is 18.0 Å². The van der Waals surface area contributed by atoms with Crippen molar-refractivity contribution in [3.63, 3.8) is 0 Å². The van der Waals surface area contributed by atoms with E-state index in [1.807, 2.05) is 83.8 Å². The van der Waals surface area contributed by atoms with Gasteiger partial charge in [-0.2, -0.15) is 0 Å². The lowest BCUT2D eigenvalue weighted by Crippen LogP contribution is -2.48. The molecule has 1 aliphatic carbocycles. The minimum absolute atomic E-state index is 0.109. The highest BCUT2D eigenvalue weighted by molar-refractivity contribution is 9.10. The van der Waals surface area contributed by atoms with Gasteiger partial charge in [0.15, 0.2) is 17.3 Å². The Kier molecular flexibility index (Phi) is 5.14. The van der Waals surface area contributed by atoms with E-state index in [-0.39, 0.29) is 17.3 Å². The lowest BCUT2D eigenvalue weighted by atomic mass is 9.64. The number of carbonyl (C=O) groups excluding carboxylic acids is 3. The average molecular weight is 560 g/mol. The molecular formula is C33H22BrNO3. The van der Waals surface area contributed by atoms with Gasteiger partial charge in [0.05, 0.1) is 6.04 Å². The van der Waals surface area contributed by atoms with E-state index in [0.717, 1.165) is 21.3 Å². The number of Topliss-reactive ketones (excluding diaryl/α,β-unsaturated/α-hetero) is 3. The van der Waals surface area contributed by atoms with E-state index in [0.29, 0.717) is 16.7 Å². The molecule has 2 heterocycles. The molecule has 4 aromatic carbocycles. The molecule has 4 nitrogen and oxygen atoms in total. The molecule has 184 valence electrons. The van der Waals surface area contributed by atoms with E-state index in [9.17, 15) is 14.4 Å². The van der Waals surface area contributed by atoms with Gasteiger partial charge in [-0.1, -0.05) is 113 Å². The molecule has 5 heteroatoms. The minimum Gasteiger partial charge on any atom is -0.352 e. The Labute approximate surface area is 228 Å². The number of rotatable bonds is 3. The zero-order valence-electron chi connectivity index (χ0n) is 20.3. The zero-order valence-corrected chi connectivity index (χ0v) is 21.8. The van der Waals surface area contributed by atoms with Gasteiger partial charge < -0.3 is 4.90 Å². The first-order valence-electron chi connectivity index (χ1n) is 12.6. The normalized spacial score (nSPS) is 22.3. The third-order valence-corrected chi connectivity index (χ3v) is 8.74. The summed E-state index contributed by atoms with van der Waals surface area (Å²) in [5.41, 5.74) is 2.52. The van der Waals surface area contributed by atoms with Crippen LogP contribution in [0.5, 0.6) is 0 Å². The SMILES string of the molecule is O=C(c1ccccc1)[C@@H]1[C@@H](c2ccccc2)C2(C(=O)c3ccccc3C2=O)[C@H]2C=Cc3cc(Br)ccc3N12. The average Bonchev–Trinajstić information content (AvgIpc) is 3.39. The summed E-state index contributed by atoms with van der Waals surface area (Å²) >= 11 is 3.56. The maximum Gasteiger partial charge on any atom is 0.185 e. The number of ketones is 3. The molecule has 2 aliphatic heterocycles. The van der Waals surface area contributed by atoms with Crippen LogP contribution >= 0.6 is 15.9 Å². The van der Waals surface area contributed by atoms with Gasteiger partial charge in [0, 0.05) is 32.8 Å². The van der Waals surface area contributed by atoms with E-state index < -0.39 is 23.4 Å². The number of carbonyl (C=O) groups is 3. The lowest BCUT2D eigenvalue weighted by molar-refractivity contribution is 0.0666. The second-order valence-electron chi connectivity index (χ2n) is 10.1. The molecule has 1 spiro atoms. The molecule has 0 radical (unpaired) electrons. The summed E-state index contributed by atoms with van der Waals surface area (Å²) in [6.45, 7) is 0. The van der Waals surface area contributed by atoms with Crippen LogP contribution in [0.3, 0.4) is 0 Å². The molecule has 3 atom stereocenters. The highest BCUT2D eigenvalue weighted by atomic mass is 79.9. The fourth-order valence-corrected chi connectivity index (χ4v) is 7.13. The fourth-order valence-electron chi connectivity index (χ4n) is 6.75. The number of halogens is 1. The third-order valence-electron chi connectivity index (χ3n) is 8.25. The molecule has 0 bridgehead atoms. The van der Waals surface area contributed by atoms with E-state index in [4.69, 9.17) is 0 Å². The van der Waals surface area contributed by atoms with E-state index in [1.165, 1.54) is 0 Å². The van der Waals surface area contributed by atoms with Crippen LogP contribution in [0.1, 0.15) is 48.1 Å². The molecule has 7 rings (SSSR count). The standard InChI is InChI=1S/C33H22BrNO3/c34-23-16-17-26-22(19-23)15-18-27-33(31(37)24-13-7-8-14-25(24)32(33)38)28(20-9-3-1-4-10-20)29(35(26)27)30(36)21-11-5-2-6-12-21/h1-19,27-29H/t27-,28-,29+/m1/s1. The van der Waals surface area contributed by atoms with Gasteiger partial charge in [-0.05, 0) is 29.3 Å². The van der Waals surface area contributed by atoms with Gasteiger partial charge in [-0.3, -0.25) is 14.4 Å². The molecule has 1 saturated heterocycles. The quantitative estimate of drug-likeness (QED) is 0.205. The summed E-state index contributed by atoms with van der Waals surface area (Å²) in [6.07, 6.45) is 3.93. The molecule has 0 saturated carbocycles. The Balaban J connectivity index is 1.55. The Morgan fingerprint density at radius 1 is 0.763 bits per heavy atom. The van der Waals surface area contributed by atoms with E-state index in [2.05, 4.69) is 15.9 Å². The fraction of sp³-hybridized carbons (Fsp3) is 0.121. The van der Waals surface area contributed by atoms with Gasteiger partial charge in [0.1, 0.15) is 11.5 Å². The second-order valence-corrected chi connectivity index (χ2v) is 11.0. The maximum absolute atomic E-state index is 14.5. The number of benzene rings is 4. The summed E-state index contributed by atoms with van der Waals surface area (Å²) in [6, 6.07) is 30.4. The molecule has 3 aliphatic rings. The van der Waals surface area contributed by atoms with Gasteiger partial charge in [0.2, 0.25) is 0 Å². The first kappa shape index (κ1) is 23.1. The largest absolute Gasteiger partial charge is 0.352 e. The summed E-state index contributed by atoms with van der Waals surface area (Å²) < 4.78 is 0.916. The first-order valence-corrected chi connectivity index (χ1v) is 13.4. The maximum atomic E-state index is 14.5. The van der Waals surface area contributed by atoms with Crippen LogP contribution in [0.2, 0.25) is 0 Å². The van der Waals surface area contributed by atoms with Crippen LogP contribution in [0, 0.1) is 5.41 Å². The molecule has 0 aromatic heterocycles. The molecule has 0 unspecified atom stereocenters. The highest BCUT2D eigenvalue weighted by Crippen LogP contribution is 2.61. The number of nitrogens with zero attached hydrogens (tertiary/aromatic N) is 1. The van der Waals surface area contributed by atoms with Crippen LogP contribution in [0.25, 0.3) is 6.08 Å². The van der Waals surface area contributed by atoms with Crippen molar-refractivity contribution in [3.05, 3.63) is 141 Å². The number of hydrogen-bond donors (Lipinski definition) is 0. The zero-order chi connectivity index (χ0) is 26.0. The summed E-state index contributed by atoms with van der Waals surface area (Å²) in [5, 5.41) is 0. The molecule has 0 N–H and O–H groups in total. The van der Waals surface area contributed by atoms with Crippen LogP contribution in [0.15, 0.2) is 114 Å². The Hall–Kier alpha value is -4.09. The van der Waals surface area contributed by atoms with Crippen LogP contribution in [-0.2, 0) is 0 Å². The van der Waals surface area contributed by atoms with Gasteiger partial charge >= 0.3 is 0 Å². The van der Waals surface area contributed by atoms with E-state index >= 15 is 0 Å². The number of anilines is 1. The van der Waals surface area contributed by atoms with Crippen LogP contribution < -0.4 is 4.90 Å². The summed E-state index contributed by atoms with van der Waals surface area (Å²) in [7, 11) is 0. The second kappa shape index (κ2) is 8.47. The predicted molar refractivity (Wildman–Crippen MR) is 151 cm³/mol. The first-order chi connectivity index (χ1) is 18.5. The van der Waals surface area contributed by atoms with Gasteiger partial charge in [-0.25, -0.2) is 0 Å². The van der Waals surface area contributed by atoms with Crippen molar-refractivity contribution < 1.29 is 14.4 Å². The van der Waals surface area contributed by atoms with Gasteiger partial charge in [-0.15, -0.1) is 0 Å². The van der Waals surface area contributed by atoms with Crippen molar-refractivity contribution in [2.24, 2.45) is 5.41 Å². The third kappa shape index (κ3) is 2.99. The topological polar surface area (TPSA) is 54.5 Å². The Morgan fingerprint density at radius 2 is 1.37 bits per heavy atom. The van der Waals surface area contributed by atoms with Crippen LogP contribution in [-0.4, -0.2) is 29.4 Å². The lowest BCUT2D eigenvalue weighted by Gasteiger charge is -2.37. The van der Waals surface area contributed by atoms with Crippen molar-refractivity contribution >= 4 is 45.0 Å². The van der Waals surface area contributed by atoms with Crippen molar-refractivity contribution in [2.75, 3.05) is 4.90 Å². The van der Waals surface area contributed by atoms with Crippen molar-refractivity contribution in [3.8, 4) is 0 Å². The summed E-state index contributed by atoms with van der Waals surface area (Å²) in [5.74, 6) is -1.22. The Bertz CT molecular complexity index is 1630. The van der Waals surface area contributed by atoms with E-state index in [1.54, 1.807) is 36.4 Å². The van der Waals surface area contributed by atoms with Gasteiger partial charge in [0.25, 0.3) is 0 Å². The minimum atomic E-state index is -1.47. The monoisotopic (exact) mass is 559 g/mol. The molecule has 4 aromatic rings. The molecule has 0 amide bonds. The predicted octanol–water partition coefficient (Wildman–Crippen LogP) is 6.77. The molecular weight excluding hydrogens is 538 g/mol. The number of hydrogen-bond acceptors (Lipinski definition) is 4.